The molecule has 1 aromatic carbocycles. The number of likely N-dealkylation sites (tertiary alicyclic amines) is 1. The maximum atomic E-state index is 13.5. The van der Waals surface area contributed by atoms with Gasteiger partial charge in [0.1, 0.15) is 11.6 Å². The lowest BCUT2D eigenvalue weighted by Gasteiger charge is -2.32. The zero-order valence-electron chi connectivity index (χ0n) is 18.3. The highest BCUT2D eigenvalue weighted by Crippen LogP contribution is 2.24. The van der Waals surface area contributed by atoms with Crippen LogP contribution in [0.4, 0.5) is 4.39 Å². The summed E-state index contributed by atoms with van der Waals surface area (Å²) in [6.45, 7) is 8.92. The first kappa shape index (κ1) is 25.3. The molecule has 31 heavy (non-hydrogen) atoms. The molecule has 1 fully saturated rings. The summed E-state index contributed by atoms with van der Waals surface area (Å²) in [6, 6.07) is 10.3. The molecule has 1 aliphatic heterocycles. The van der Waals surface area contributed by atoms with Crippen molar-refractivity contribution >= 4 is 29.9 Å². The van der Waals surface area contributed by atoms with Crippen LogP contribution in [0, 0.1) is 5.82 Å². The van der Waals surface area contributed by atoms with Crippen molar-refractivity contribution < 1.29 is 9.13 Å². The summed E-state index contributed by atoms with van der Waals surface area (Å²) in [5.41, 5.74) is 0.844. The molecule has 2 heterocycles. The van der Waals surface area contributed by atoms with E-state index < -0.39 is 0 Å². The molecule has 170 valence electrons. The number of aromatic nitrogens is 1. The minimum absolute atomic E-state index is 0. The zero-order valence-corrected chi connectivity index (χ0v) is 20.6. The Balaban J connectivity index is 0.00000341. The van der Waals surface area contributed by atoms with Gasteiger partial charge in [-0.2, -0.15) is 0 Å². The highest BCUT2D eigenvalue weighted by molar-refractivity contribution is 14.0. The first-order valence-corrected chi connectivity index (χ1v) is 10.8. The Morgan fingerprint density at radius 2 is 2.03 bits per heavy atom. The molecule has 0 amide bonds. The summed E-state index contributed by atoms with van der Waals surface area (Å²) >= 11 is 0. The summed E-state index contributed by atoms with van der Waals surface area (Å²) < 4.78 is 19.3. The second-order valence-corrected chi connectivity index (χ2v) is 7.48. The third kappa shape index (κ3) is 8.25. The Morgan fingerprint density at radius 1 is 1.23 bits per heavy atom. The van der Waals surface area contributed by atoms with Crippen LogP contribution in [-0.4, -0.2) is 48.1 Å². The van der Waals surface area contributed by atoms with Gasteiger partial charge in [-0.3, -0.25) is 0 Å². The van der Waals surface area contributed by atoms with E-state index in [0.717, 1.165) is 44.0 Å². The van der Waals surface area contributed by atoms with Crippen LogP contribution in [-0.2, 0) is 6.54 Å². The van der Waals surface area contributed by atoms with E-state index in [-0.39, 0.29) is 29.8 Å². The van der Waals surface area contributed by atoms with Crippen LogP contribution in [0.3, 0.4) is 0 Å². The third-order valence-electron chi connectivity index (χ3n) is 5.08. The van der Waals surface area contributed by atoms with Crippen molar-refractivity contribution in [3.63, 3.8) is 0 Å². The van der Waals surface area contributed by atoms with Crippen molar-refractivity contribution in [3.8, 4) is 11.6 Å². The van der Waals surface area contributed by atoms with E-state index in [2.05, 4.69) is 34.4 Å². The number of aliphatic imine (C=N–C) groups is 1. The fourth-order valence-electron chi connectivity index (χ4n) is 3.57. The molecular formula is C23H33FIN5O. The van der Waals surface area contributed by atoms with E-state index in [1.165, 1.54) is 25.1 Å². The van der Waals surface area contributed by atoms with Crippen LogP contribution >= 0.6 is 24.0 Å². The van der Waals surface area contributed by atoms with Gasteiger partial charge in [-0.25, -0.2) is 14.4 Å². The van der Waals surface area contributed by atoms with Gasteiger partial charge in [0.15, 0.2) is 5.96 Å². The molecular weight excluding hydrogens is 508 g/mol. The van der Waals surface area contributed by atoms with Crippen LogP contribution in [0.2, 0.25) is 0 Å². The van der Waals surface area contributed by atoms with Crippen molar-refractivity contribution in [1.82, 2.24) is 20.5 Å². The Morgan fingerprint density at radius 3 is 2.74 bits per heavy atom. The molecule has 0 saturated carbocycles. The predicted octanol–water partition coefficient (Wildman–Crippen LogP) is 4.56. The number of ether oxygens (including phenoxy) is 1. The highest BCUT2D eigenvalue weighted by Gasteiger charge is 2.19. The van der Waals surface area contributed by atoms with Gasteiger partial charge in [0, 0.05) is 43.5 Å². The maximum Gasteiger partial charge on any atom is 0.224 e. The zero-order chi connectivity index (χ0) is 21.2. The Bertz CT molecular complexity index is 827. The van der Waals surface area contributed by atoms with Crippen molar-refractivity contribution in [2.75, 3.05) is 26.2 Å². The molecule has 1 saturated heterocycles. The minimum Gasteiger partial charge on any atom is -0.439 e. The molecule has 1 aliphatic rings. The van der Waals surface area contributed by atoms with E-state index in [0.29, 0.717) is 24.2 Å². The smallest absolute Gasteiger partial charge is 0.224 e. The first-order valence-electron chi connectivity index (χ1n) is 10.8. The standard InChI is InChI=1S/C23H32FN5O.HI/c1-3-13-29-14-10-20(11-15-29)28-23(25-4-2)27-17-18-7-6-12-26-22(18)30-21-9-5-8-19(24)16-21;/h5-9,12,16,20H,3-4,10-11,13-15,17H2,1-2H3,(H2,25,27,28);1H. The number of rotatable bonds is 8. The number of pyridine rings is 1. The fraction of sp³-hybridized carbons (Fsp3) is 0.478. The SMILES string of the molecule is CCCN1CCC(NC(=NCc2cccnc2Oc2cccc(F)c2)NCC)CC1.I. The van der Waals surface area contributed by atoms with Gasteiger partial charge < -0.3 is 20.3 Å². The van der Waals surface area contributed by atoms with Crippen LogP contribution in [0.5, 0.6) is 11.6 Å². The number of halogens is 2. The van der Waals surface area contributed by atoms with Crippen molar-refractivity contribution in [2.45, 2.75) is 45.7 Å². The van der Waals surface area contributed by atoms with Gasteiger partial charge in [-0.05, 0) is 50.9 Å². The average Bonchev–Trinajstić information content (AvgIpc) is 2.75. The largest absolute Gasteiger partial charge is 0.439 e. The highest BCUT2D eigenvalue weighted by atomic mass is 127. The number of guanidine groups is 1. The molecule has 1 aromatic heterocycles. The molecule has 0 bridgehead atoms. The minimum atomic E-state index is -0.341. The van der Waals surface area contributed by atoms with Crippen LogP contribution in [0.25, 0.3) is 0 Å². The first-order chi connectivity index (χ1) is 14.7. The fourth-order valence-corrected chi connectivity index (χ4v) is 3.57. The Hall–Kier alpha value is -1.94. The molecule has 2 N–H and O–H groups in total. The van der Waals surface area contributed by atoms with E-state index in [9.17, 15) is 4.39 Å². The van der Waals surface area contributed by atoms with Gasteiger partial charge in [-0.1, -0.05) is 19.1 Å². The van der Waals surface area contributed by atoms with Gasteiger partial charge in [-0.15, -0.1) is 24.0 Å². The molecule has 2 aromatic rings. The summed E-state index contributed by atoms with van der Waals surface area (Å²) in [5, 5.41) is 6.90. The quantitative estimate of drug-likeness (QED) is 0.292. The summed E-state index contributed by atoms with van der Waals surface area (Å²) in [7, 11) is 0. The van der Waals surface area contributed by atoms with Crippen LogP contribution in [0.15, 0.2) is 47.6 Å². The Kier molecular flexibility index (Phi) is 11.0. The normalized spacial score (nSPS) is 15.3. The second kappa shape index (κ2) is 13.5. The second-order valence-electron chi connectivity index (χ2n) is 7.48. The lowest BCUT2D eigenvalue weighted by atomic mass is 10.1. The number of nitrogens with one attached hydrogen (secondary N) is 2. The molecule has 0 aliphatic carbocycles. The maximum absolute atomic E-state index is 13.5. The molecule has 6 nitrogen and oxygen atoms in total. The molecule has 8 heteroatoms. The summed E-state index contributed by atoms with van der Waals surface area (Å²) in [6.07, 6.45) is 5.10. The summed E-state index contributed by atoms with van der Waals surface area (Å²) in [4.78, 5) is 11.6. The van der Waals surface area contributed by atoms with Gasteiger partial charge in [0.2, 0.25) is 5.88 Å². The van der Waals surface area contributed by atoms with E-state index in [4.69, 9.17) is 9.73 Å². The van der Waals surface area contributed by atoms with Crippen molar-refractivity contribution in [3.05, 3.63) is 54.0 Å². The van der Waals surface area contributed by atoms with Gasteiger partial charge in [0.25, 0.3) is 0 Å². The molecule has 3 rings (SSSR count). The molecule has 0 radical (unpaired) electrons. The predicted molar refractivity (Wildman–Crippen MR) is 134 cm³/mol. The van der Waals surface area contributed by atoms with Crippen LogP contribution < -0.4 is 15.4 Å². The summed E-state index contributed by atoms with van der Waals surface area (Å²) in [5.74, 6) is 1.32. The number of nitrogens with zero attached hydrogens (tertiary/aromatic N) is 3. The topological polar surface area (TPSA) is 61.8 Å². The molecule has 0 spiro atoms. The number of hydrogen-bond donors (Lipinski definition) is 2. The van der Waals surface area contributed by atoms with Gasteiger partial charge >= 0.3 is 0 Å². The van der Waals surface area contributed by atoms with E-state index >= 15 is 0 Å². The average molecular weight is 541 g/mol. The van der Waals surface area contributed by atoms with E-state index in [1.54, 1.807) is 18.3 Å². The number of piperidine rings is 1. The van der Waals surface area contributed by atoms with Crippen molar-refractivity contribution in [2.24, 2.45) is 4.99 Å². The third-order valence-corrected chi connectivity index (χ3v) is 5.08. The monoisotopic (exact) mass is 541 g/mol. The molecule has 0 unspecified atom stereocenters. The lowest BCUT2D eigenvalue weighted by molar-refractivity contribution is 0.206. The Labute approximate surface area is 201 Å². The van der Waals surface area contributed by atoms with Crippen molar-refractivity contribution in [1.29, 1.82) is 0 Å². The van der Waals surface area contributed by atoms with E-state index in [1.807, 2.05) is 12.1 Å². The van der Waals surface area contributed by atoms with Gasteiger partial charge in [0.05, 0.1) is 6.54 Å². The lowest BCUT2D eigenvalue weighted by Crippen LogP contribution is -2.48. The number of benzene rings is 1. The number of hydrogen-bond acceptors (Lipinski definition) is 4. The van der Waals surface area contributed by atoms with Crippen LogP contribution in [0.1, 0.15) is 38.7 Å². The molecule has 0 atom stereocenters.